The van der Waals surface area contributed by atoms with Gasteiger partial charge in [-0.25, -0.2) is 4.79 Å². The third-order valence-corrected chi connectivity index (χ3v) is 4.35. The van der Waals surface area contributed by atoms with Crippen molar-refractivity contribution < 1.29 is 0 Å². The van der Waals surface area contributed by atoms with Crippen LogP contribution in [0.15, 0.2) is 39.9 Å². The summed E-state index contributed by atoms with van der Waals surface area (Å²) in [6, 6.07) is 10.4. The van der Waals surface area contributed by atoms with Crippen LogP contribution in [0.1, 0.15) is 42.5 Å². The zero-order valence-electron chi connectivity index (χ0n) is 11.6. The Morgan fingerprint density at radius 3 is 2.52 bits per heavy atom. The maximum Gasteiger partial charge on any atom is 0.330 e. The van der Waals surface area contributed by atoms with Crippen LogP contribution in [-0.2, 0) is 6.42 Å². The molecule has 4 rings (SSSR count). The summed E-state index contributed by atoms with van der Waals surface area (Å²) in [5, 5.41) is 3.31. The van der Waals surface area contributed by atoms with E-state index in [0.717, 1.165) is 19.3 Å². The molecule has 0 unspecified atom stereocenters. The fourth-order valence-corrected chi connectivity index (χ4v) is 3.08. The summed E-state index contributed by atoms with van der Waals surface area (Å²) >= 11 is 0. The number of nitrogens with zero attached hydrogens (tertiary/aromatic N) is 1. The van der Waals surface area contributed by atoms with Gasteiger partial charge in [0.25, 0.3) is 5.56 Å². The Morgan fingerprint density at radius 1 is 1.05 bits per heavy atom. The zero-order valence-corrected chi connectivity index (χ0v) is 11.6. The van der Waals surface area contributed by atoms with Crippen molar-refractivity contribution in [3.8, 4) is 0 Å². The van der Waals surface area contributed by atoms with Gasteiger partial charge in [0, 0.05) is 6.04 Å². The van der Waals surface area contributed by atoms with Gasteiger partial charge in [-0.3, -0.25) is 14.3 Å². The lowest BCUT2D eigenvalue weighted by atomic mass is 9.96. The Hall–Kier alpha value is -2.30. The molecule has 1 aromatic heterocycles. The molecule has 2 heterocycles. The van der Waals surface area contributed by atoms with Crippen LogP contribution in [0.2, 0.25) is 0 Å². The highest BCUT2D eigenvalue weighted by molar-refractivity contribution is 5.47. The smallest absolute Gasteiger partial charge is 0.330 e. The number of nitrogens with one attached hydrogen (secondary N) is 2. The van der Waals surface area contributed by atoms with E-state index in [2.05, 4.69) is 22.4 Å². The molecule has 1 aromatic carbocycles. The topological polar surface area (TPSA) is 66.9 Å². The second-order valence-electron chi connectivity index (χ2n) is 5.84. The fraction of sp³-hybridized carbons (Fsp3) is 0.375. The monoisotopic (exact) mass is 283 g/mol. The van der Waals surface area contributed by atoms with Crippen molar-refractivity contribution in [3.63, 3.8) is 0 Å². The Balaban J connectivity index is 1.74. The third kappa shape index (κ3) is 2.09. The number of hydrogen-bond donors (Lipinski definition) is 2. The molecule has 0 radical (unpaired) electrons. The van der Waals surface area contributed by atoms with E-state index < -0.39 is 0 Å². The lowest BCUT2D eigenvalue weighted by Crippen LogP contribution is -2.39. The van der Waals surface area contributed by atoms with Crippen molar-refractivity contribution >= 4 is 5.82 Å². The van der Waals surface area contributed by atoms with E-state index >= 15 is 0 Å². The number of aromatic nitrogens is 2. The van der Waals surface area contributed by atoms with Gasteiger partial charge in [-0.2, -0.15) is 0 Å². The number of aromatic amines is 1. The lowest BCUT2D eigenvalue weighted by Gasteiger charge is -2.26. The van der Waals surface area contributed by atoms with Gasteiger partial charge >= 0.3 is 5.69 Å². The van der Waals surface area contributed by atoms with E-state index in [1.54, 1.807) is 0 Å². The van der Waals surface area contributed by atoms with Gasteiger partial charge in [-0.1, -0.05) is 30.3 Å². The van der Waals surface area contributed by atoms with Crippen LogP contribution in [0.4, 0.5) is 5.82 Å². The molecule has 0 saturated heterocycles. The number of anilines is 1. The predicted molar refractivity (Wildman–Crippen MR) is 80.7 cm³/mol. The largest absolute Gasteiger partial charge is 0.364 e. The number of hydrogen-bond acceptors (Lipinski definition) is 3. The standard InChI is InChI=1S/C16H17N3O2/c20-15-12-8-9-13(10-4-2-1-3-5-10)17-14(12)18-16(21)19(15)11-6-7-11/h1-5,11,13,17H,6-9H2,(H,18,21)/t13-/m1/s1. The summed E-state index contributed by atoms with van der Waals surface area (Å²) in [6.45, 7) is 0. The molecule has 1 saturated carbocycles. The second kappa shape index (κ2) is 4.62. The molecule has 2 N–H and O–H groups in total. The molecule has 1 aliphatic heterocycles. The summed E-state index contributed by atoms with van der Waals surface area (Å²) in [5.74, 6) is 0.599. The second-order valence-corrected chi connectivity index (χ2v) is 5.84. The average molecular weight is 283 g/mol. The highest BCUT2D eigenvalue weighted by Crippen LogP contribution is 2.33. The van der Waals surface area contributed by atoms with E-state index in [1.165, 1.54) is 10.1 Å². The minimum Gasteiger partial charge on any atom is -0.364 e. The van der Waals surface area contributed by atoms with E-state index in [1.807, 2.05) is 18.2 Å². The van der Waals surface area contributed by atoms with Gasteiger partial charge in [-0.05, 0) is 31.2 Å². The Bertz CT molecular complexity index is 787. The highest BCUT2D eigenvalue weighted by atomic mass is 16.2. The summed E-state index contributed by atoms with van der Waals surface area (Å²) < 4.78 is 1.39. The van der Waals surface area contributed by atoms with E-state index in [4.69, 9.17) is 0 Å². The van der Waals surface area contributed by atoms with Crippen LogP contribution in [0.25, 0.3) is 0 Å². The normalized spacial score (nSPS) is 20.7. The van der Waals surface area contributed by atoms with Crippen molar-refractivity contribution in [1.29, 1.82) is 0 Å². The Kier molecular flexibility index (Phi) is 2.74. The quantitative estimate of drug-likeness (QED) is 0.885. The number of H-pyrrole nitrogens is 1. The number of benzene rings is 1. The number of fused-ring (bicyclic) bond motifs is 1. The molecule has 5 nitrogen and oxygen atoms in total. The molecule has 1 aliphatic carbocycles. The van der Waals surface area contributed by atoms with Crippen molar-refractivity contribution in [2.75, 3.05) is 5.32 Å². The van der Waals surface area contributed by atoms with Crippen LogP contribution in [-0.4, -0.2) is 9.55 Å². The van der Waals surface area contributed by atoms with Crippen LogP contribution in [0.3, 0.4) is 0 Å². The summed E-state index contributed by atoms with van der Waals surface area (Å²) in [4.78, 5) is 27.4. The first kappa shape index (κ1) is 12.4. The first-order valence-corrected chi connectivity index (χ1v) is 7.43. The summed E-state index contributed by atoms with van der Waals surface area (Å²) in [6.07, 6.45) is 3.43. The Morgan fingerprint density at radius 2 is 1.81 bits per heavy atom. The first-order valence-electron chi connectivity index (χ1n) is 7.43. The molecule has 0 spiro atoms. The molecule has 1 atom stereocenters. The molecule has 2 aromatic rings. The van der Waals surface area contributed by atoms with Crippen LogP contribution in [0.5, 0.6) is 0 Å². The molecule has 2 aliphatic rings. The van der Waals surface area contributed by atoms with Gasteiger partial charge in [0.05, 0.1) is 11.6 Å². The van der Waals surface area contributed by atoms with Crippen molar-refractivity contribution in [3.05, 3.63) is 62.3 Å². The van der Waals surface area contributed by atoms with E-state index in [9.17, 15) is 9.59 Å². The molecule has 21 heavy (non-hydrogen) atoms. The van der Waals surface area contributed by atoms with Gasteiger partial charge in [0.15, 0.2) is 0 Å². The Labute approximate surface area is 121 Å². The lowest BCUT2D eigenvalue weighted by molar-refractivity contribution is 0.603. The maximum absolute atomic E-state index is 12.5. The van der Waals surface area contributed by atoms with Crippen LogP contribution in [0, 0.1) is 0 Å². The summed E-state index contributed by atoms with van der Waals surface area (Å²) in [5.41, 5.74) is 1.49. The fourth-order valence-electron chi connectivity index (χ4n) is 3.08. The summed E-state index contributed by atoms with van der Waals surface area (Å²) in [7, 11) is 0. The van der Waals surface area contributed by atoms with Crippen molar-refractivity contribution in [2.24, 2.45) is 0 Å². The molecule has 1 fully saturated rings. The van der Waals surface area contributed by atoms with Gasteiger partial charge in [0.1, 0.15) is 5.82 Å². The molecule has 0 bridgehead atoms. The van der Waals surface area contributed by atoms with E-state index in [0.29, 0.717) is 17.8 Å². The van der Waals surface area contributed by atoms with Gasteiger partial charge in [0.2, 0.25) is 0 Å². The van der Waals surface area contributed by atoms with Gasteiger partial charge < -0.3 is 5.32 Å². The molecule has 108 valence electrons. The minimum atomic E-state index is -0.289. The first-order chi connectivity index (χ1) is 10.2. The van der Waals surface area contributed by atoms with Crippen molar-refractivity contribution in [2.45, 2.75) is 37.8 Å². The predicted octanol–water partition coefficient (Wildman–Crippen LogP) is 1.97. The van der Waals surface area contributed by atoms with Crippen molar-refractivity contribution in [1.82, 2.24) is 9.55 Å². The molecular weight excluding hydrogens is 266 g/mol. The molecule has 5 heteroatoms. The average Bonchev–Trinajstić information content (AvgIpc) is 3.32. The van der Waals surface area contributed by atoms with E-state index in [-0.39, 0.29) is 23.3 Å². The zero-order chi connectivity index (χ0) is 14.4. The number of rotatable bonds is 2. The maximum atomic E-state index is 12.5. The minimum absolute atomic E-state index is 0.110. The van der Waals surface area contributed by atoms with Gasteiger partial charge in [-0.15, -0.1) is 0 Å². The van der Waals surface area contributed by atoms with Crippen LogP contribution >= 0.6 is 0 Å². The third-order valence-electron chi connectivity index (χ3n) is 4.35. The molecule has 0 amide bonds. The molecular formula is C16H17N3O2. The highest BCUT2D eigenvalue weighted by Gasteiger charge is 2.30. The van der Waals surface area contributed by atoms with Crippen LogP contribution < -0.4 is 16.6 Å². The SMILES string of the molecule is O=c1[nH]c2c(c(=O)n1C1CC1)CC[C@H](c1ccccc1)N2.